The molecule has 0 fully saturated rings. The Balaban J connectivity index is 0.00000169. The number of hydrogen-bond donors (Lipinski definition) is 2. The molecule has 1 aromatic carbocycles. The van der Waals surface area contributed by atoms with E-state index in [0.717, 1.165) is 0 Å². The number of carbonyl (C=O) groups is 1. The molecule has 0 amide bonds. The number of aromatic hydroxyl groups is 2. The van der Waals surface area contributed by atoms with Crippen LogP contribution < -0.4 is 34.7 Å². The van der Waals surface area contributed by atoms with Crippen LogP contribution in [0.4, 0.5) is 0 Å². The second-order valence-corrected chi connectivity index (χ2v) is 2.79. The van der Waals surface area contributed by atoms with E-state index in [-0.39, 0.29) is 41.1 Å². The van der Waals surface area contributed by atoms with Gasteiger partial charge in [0.25, 0.3) is 0 Å². The van der Waals surface area contributed by atoms with Crippen LogP contribution in [0.25, 0.3) is 0 Å². The number of phenols is 2. The summed E-state index contributed by atoms with van der Waals surface area (Å²) in [4.78, 5) is 10.4. The van der Waals surface area contributed by atoms with Gasteiger partial charge < -0.3 is 20.1 Å². The molecule has 2 N–H and O–H groups in total. The number of carboxylic acid groups (broad SMARTS) is 1. The summed E-state index contributed by atoms with van der Waals surface area (Å²) in [7, 11) is 0. The fourth-order valence-electron chi connectivity index (χ4n) is 0.946. The van der Waals surface area contributed by atoms with Crippen LogP contribution in [-0.4, -0.2) is 16.2 Å². The maximum Gasteiger partial charge on any atom is 1.00 e. The van der Waals surface area contributed by atoms with Crippen molar-refractivity contribution in [1.82, 2.24) is 0 Å². The summed E-state index contributed by atoms with van der Waals surface area (Å²) in [6, 6.07) is 3.87. The van der Waals surface area contributed by atoms with Gasteiger partial charge in [-0.2, -0.15) is 0 Å². The van der Waals surface area contributed by atoms with Crippen molar-refractivity contribution >= 4 is 5.97 Å². The third-order valence-corrected chi connectivity index (χ3v) is 1.85. The van der Waals surface area contributed by atoms with Crippen molar-refractivity contribution in [3.8, 4) is 11.5 Å². The maximum absolute atomic E-state index is 10.4. The maximum atomic E-state index is 10.4. The van der Waals surface area contributed by atoms with Gasteiger partial charge in [0.15, 0.2) is 11.5 Å². The predicted octanol–water partition coefficient (Wildman–Crippen LogP) is -3.04. The topological polar surface area (TPSA) is 80.6 Å². The van der Waals surface area contributed by atoms with Crippen molar-refractivity contribution in [3.05, 3.63) is 23.8 Å². The molecule has 0 saturated heterocycles. The van der Waals surface area contributed by atoms with Gasteiger partial charge in [-0.25, -0.2) is 0 Å². The van der Waals surface area contributed by atoms with Crippen LogP contribution in [0.1, 0.15) is 18.4 Å². The molecule has 14 heavy (non-hydrogen) atoms. The molecule has 0 aromatic heterocycles. The van der Waals surface area contributed by atoms with E-state index in [1.165, 1.54) is 25.1 Å². The van der Waals surface area contributed by atoms with Crippen molar-refractivity contribution in [2.45, 2.75) is 12.8 Å². The molecule has 1 atom stereocenters. The Morgan fingerprint density at radius 1 is 1.36 bits per heavy atom. The molecule has 0 heterocycles. The zero-order valence-corrected chi connectivity index (χ0v) is 10.0. The van der Waals surface area contributed by atoms with E-state index in [0.29, 0.717) is 5.56 Å². The fraction of sp³-hybridized carbons (Fsp3) is 0.222. The Kier molecular flexibility index (Phi) is 4.97. The van der Waals surface area contributed by atoms with Crippen molar-refractivity contribution in [3.63, 3.8) is 0 Å². The van der Waals surface area contributed by atoms with Gasteiger partial charge in [0, 0.05) is 11.9 Å². The van der Waals surface area contributed by atoms with Crippen molar-refractivity contribution in [2.75, 3.05) is 0 Å². The quantitative estimate of drug-likeness (QED) is 0.396. The number of carboxylic acids is 1. The number of carbonyl (C=O) groups excluding carboxylic acids is 1. The minimum absolute atomic E-state index is 0. The second kappa shape index (κ2) is 5.24. The van der Waals surface area contributed by atoms with Gasteiger partial charge >= 0.3 is 29.6 Å². The average Bonchev–Trinajstić information content (AvgIpc) is 2.08. The minimum atomic E-state index is -1.22. The van der Waals surface area contributed by atoms with E-state index in [2.05, 4.69) is 0 Å². The Bertz CT molecular complexity index is 338. The van der Waals surface area contributed by atoms with E-state index >= 15 is 0 Å². The van der Waals surface area contributed by atoms with Crippen LogP contribution in [-0.2, 0) is 4.79 Å². The molecule has 1 aromatic rings. The minimum Gasteiger partial charge on any atom is -0.550 e. The molecule has 0 aliphatic heterocycles. The fourth-order valence-corrected chi connectivity index (χ4v) is 0.946. The van der Waals surface area contributed by atoms with E-state index in [4.69, 9.17) is 10.2 Å². The van der Waals surface area contributed by atoms with Gasteiger partial charge in [0.2, 0.25) is 0 Å². The Morgan fingerprint density at radius 2 is 1.93 bits per heavy atom. The van der Waals surface area contributed by atoms with Crippen molar-refractivity contribution in [2.24, 2.45) is 0 Å². The van der Waals surface area contributed by atoms with Gasteiger partial charge in [0.1, 0.15) is 0 Å². The largest absolute Gasteiger partial charge is 1.00 e. The summed E-state index contributed by atoms with van der Waals surface area (Å²) in [5, 5.41) is 28.5. The van der Waals surface area contributed by atoms with Crippen LogP contribution in [0.15, 0.2) is 18.2 Å². The summed E-state index contributed by atoms with van der Waals surface area (Å²) < 4.78 is 0. The van der Waals surface area contributed by atoms with E-state index in [1.54, 1.807) is 0 Å². The summed E-state index contributed by atoms with van der Waals surface area (Å²) >= 11 is 0. The van der Waals surface area contributed by atoms with Gasteiger partial charge in [-0.05, 0) is 17.7 Å². The van der Waals surface area contributed by atoms with E-state index in [9.17, 15) is 9.90 Å². The first-order chi connectivity index (χ1) is 6.02. The normalized spacial score (nSPS) is 11.5. The molecule has 0 saturated carbocycles. The zero-order chi connectivity index (χ0) is 10.0. The first-order valence-electron chi connectivity index (χ1n) is 3.75. The molecule has 1 rings (SSSR count). The van der Waals surface area contributed by atoms with Crippen LogP contribution in [0.5, 0.6) is 11.5 Å². The molecule has 1 unspecified atom stereocenters. The molecule has 0 spiro atoms. The first-order valence-corrected chi connectivity index (χ1v) is 3.75. The number of benzene rings is 1. The van der Waals surface area contributed by atoms with Crippen molar-refractivity contribution in [1.29, 1.82) is 0 Å². The number of aliphatic carboxylic acids is 1. The Hall–Kier alpha value is -0.710. The SMILES string of the molecule is CC(C(=O)[O-])c1ccc(O)c(O)c1.[Na+]. The molecule has 0 aliphatic rings. The Labute approximate surface area is 103 Å². The molecule has 0 bridgehead atoms. The van der Waals surface area contributed by atoms with Gasteiger partial charge in [-0.15, -0.1) is 0 Å². The van der Waals surface area contributed by atoms with Gasteiger partial charge in [0.05, 0.1) is 0 Å². The molecule has 0 aliphatic carbocycles. The van der Waals surface area contributed by atoms with Gasteiger partial charge in [-0.1, -0.05) is 13.0 Å². The third kappa shape index (κ3) is 2.90. The monoisotopic (exact) mass is 204 g/mol. The van der Waals surface area contributed by atoms with Crippen LogP contribution in [0.3, 0.4) is 0 Å². The first kappa shape index (κ1) is 13.3. The molecule has 0 radical (unpaired) electrons. The number of rotatable bonds is 2. The summed E-state index contributed by atoms with van der Waals surface area (Å²) in [6.07, 6.45) is 0. The summed E-state index contributed by atoms with van der Waals surface area (Å²) in [5.41, 5.74) is 0.398. The summed E-state index contributed by atoms with van der Waals surface area (Å²) in [5.74, 6) is -2.61. The van der Waals surface area contributed by atoms with E-state index < -0.39 is 11.9 Å². The zero-order valence-electron chi connectivity index (χ0n) is 8.02. The van der Waals surface area contributed by atoms with E-state index in [1.807, 2.05) is 0 Å². The van der Waals surface area contributed by atoms with Crippen molar-refractivity contribution < 1.29 is 49.7 Å². The van der Waals surface area contributed by atoms with Crippen LogP contribution in [0.2, 0.25) is 0 Å². The standard InChI is InChI=1S/C9H10O4.Na/c1-5(9(12)13)6-2-3-7(10)8(11)4-6;/h2-5,10-11H,1H3,(H,12,13);/q;+1/p-1. The number of hydrogen-bond acceptors (Lipinski definition) is 4. The predicted molar refractivity (Wildman–Crippen MR) is 43.2 cm³/mol. The van der Waals surface area contributed by atoms with Crippen LogP contribution in [0, 0.1) is 0 Å². The Morgan fingerprint density at radius 3 is 2.36 bits per heavy atom. The molecular weight excluding hydrogens is 195 g/mol. The second-order valence-electron chi connectivity index (χ2n) is 2.79. The molecule has 5 heteroatoms. The van der Waals surface area contributed by atoms with Crippen LogP contribution >= 0.6 is 0 Å². The average molecular weight is 204 g/mol. The van der Waals surface area contributed by atoms with Gasteiger partial charge in [-0.3, -0.25) is 0 Å². The molecule has 70 valence electrons. The summed E-state index contributed by atoms with van der Waals surface area (Å²) in [6.45, 7) is 1.45. The molecular formula is C9H9NaO4. The third-order valence-electron chi connectivity index (χ3n) is 1.85. The molecule has 4 nitrogen and oxygen atoms in total. The smallest absolute Gasteiger partial charge is 0.550 e. The number of phenolic OH excluding ortho intramolecular Hbond substituents is 2.